The van der Waals surface area contributed by atoms with Gasteiger partial charge in [0.05, 0.1) is 12.2 Å². The summed E-state index contributed by atoms with van der Waals surface area (Å²) in [7, 11) is 1.63. The van der Waals surface area contributed by atoms with E-state index >= 15 is 0 Å². The number of hydrogen-bond acceptors (Lipinski definition) is 9. The molecule has 11 nitrogen and oxygen atoms in total. The van der Waals surface area contributed by atoms with E-state index in [1.54, 1.807) is 20.0 Å². The summed E-state index contributed by atoms with van der Waals surface area (Å²) in [6.45, 7) is 6.81. The number of carbonyl (C=O) groups excluding carboxylic acids is 1. The van der Waals surface area contributed by atoms with Crippen LogP contribution in [0.3, 0.4) is 0 Å². The van der Waals surface area contributed by atoms with Crippen LogP contribution in [0.15, 0.2) is 23.2 Å². The molecular formula is C29H51N5O6. The number of phenolic OH excluding ortho intramolecular Hbond substituents is 1. The number of rotatable bonds is 18. The molecule has 0 aliphatic carbocycles. The molecule has 228 valence electrons. The Morgan fingerprint density at radius 2 is 1.93 bits per heavy atom. The van der Waals surface area contributed by atoms with E-state index in [0.717, 1.165) is 50.9 Å². The molecule has 2 rings (SSSR count). The van der Waals surface area contributed by atoms with E-state index < -0.39 is 18.3 Å². The molecule has 1 aliphatic heterocycles. The summed E-state index contributed by atoms with van der Waals surface area (Å²) in [6, 6.07) is 5.34. The van der Waals surface area contributed by atoms with Crippen LogP contribution in [0, 0.1) is 5.92 Å². The van der Waals surface area contributed by atoms with Crippen LogP contribution in [0.2, 0.25) is 0 Å². The van der Waals surface area contributed by atoms with Crippen LogP contribution < -0.4 is 26.4 Å². The summed E-state index contributed by atoms with van der Waals surface area (Å²) in [5.41, 5.74) is 6.77. The number of carbonyl (C=O) groups is 1. The minimum atomic E-state index is -0.631. The predicted molar refractivity (Wildman–Crippen MR) is 157 cm³/mol. The fourth-order valence-electron chi connectivity index (χ4n) is 4.83. The zero-order valence-corrected chi connectivity index (χ0v) is 24.4. The molecular weight excluding hydrogens is 514 g/mol. The van der Waals surface area contributed by atoms with Gasteiger partial charge in [-0.15, -0.1) is 0 Å². The SMILES string of the molecule is CN=C(N)NCC(CCNCC(C)O)CCC(O)CC(CCc1ccc(O)c(OC2CCNCC2)c1)OC(C)=O. The summed E-state index contributed by atoms with van der Waals surface area (Å²) in [4.78, 5) is 15.7. The fourth-order valence-corrected chi connectivity index (χ4v) is 4.83. The van der Waals surface area contributed by atoms with Gasteiger partial charge in [-0.25, -0.2) is 0 Å². The summed E-state index contributed by atoms with van der Waals surface area (Å²) < 4.78 is 11.6. The Labute approximate surface area is 238 Å². The van der Waals surface area contributed by atoms with E-state index in [1.165, 1.54) is 6.92 Å². The number of esters is 1. The van der Waals surface area contributed by atoms with E-state index in [2.05, 4.69) is 20.9 Å². The molecule has 0 amide bonds. The first kappa shape index (κ1) is 33.6. The highest BCUT2D eigenvalue weighted by Gasteiger charge is 2.21. The number of aromatic hydroxyl groups is 1. The maximum atomic E-state index is 11.8. The molecule has 1 aromatic carbocycles. The van der Waals surface area contributed by atoms with Gasteiger partial charge in [0.1, 0.15) is 12.2 Å². The smallest absolute Gasteiger partial charge is 0.302 e. The van der Waals surface area contributed by atoms with Crippen molar-refractivity contribution in [1.29, 1.82) is 0 Å². The number of guanidine groups is 1. The Balaban J connectivity index is 1.89. The maximum absolute atomic E-state index is 11.8. The van der Waals surface area contributed by atoms with Crippen LogP contribution in [-0.2, 0) is 16.0 Å². The molecule has 40 heavy (non-hydrogen) atoms. The zero-order valence-electron chi connectivity index (χ0n) is 24.4. The van der Waals surface area contributed by atoms with E-state index in [1.807, 2.05) is 12.1 Å². The number of benzene rings is 1. The average Bonchev–Trinajstić information content (AvgIpc) is 2.92. The van der Waals surface area contributed by atoms with Gasteiger partial charge in [-0.2, -0.15) is 0 Å². The monoisotopic (exact) mass is 565 g/mol. The number of aliphatic hydroxyl groups excluding tert-OH is 2. The van der Waals surface area contributed by atoms with Gasteiger partial charge < -0.3 is 46.5 Å². The van der Waals surface area contributed by atoms with Crippen LogP contribution in [0.5, 0.6) is 11.5 Å². The number of piperidine rings is 1. The number of ether oxygens (including phenoxy) is 2. The third-order valence-electron chi connectivity index (χ3n) is 7.12. The molecule has 0 spiro atoms. The van der Waals surface area contributed by atoms with Crippen molar-refractivity contribution in [2.24, 2.45) is 16.6 Å². The van der Waals surface area contributed by atoms with Crippen LogP contribution in [0.25, 0.3) is 0 Å². The van der Waals surface area contributed by atoms with Crippen molar-refractivity contribution < 1.29 is 29.6 Å². The van der Waals surface area contributed by atoms with E-state index in [9.17, 15) is 20.1 Å². The van der Waals surface area contributed by atoms with Crippen LogP contribution in [0.4, 0.5) is 0 Å². The van der Waals surface area contributed by atoms with Crippen molar-refractivity contribution in [3.05, 3.63) is 23.8 Å². The molecule has 0 aromatic heterocycles. The van der Waals surface area contributed by atoms with Crippen LogP contribution in [0.1, 0.15) is 64.4 Å². The predicted octanol–water partition coefficient (Wildman–Crippen LogP) is 1.43. The molecule has 4 atom stereocenters. The molecule has 1 aliphatic rings. The number of aryl methyl sites for hydroxylation is 1. The third-order valence-corrected chi connectivity index (χ3v) is 7.12. The highest BCUT2D eigenvalue weighted by molar-refractivity contribution is 5.77. The molecule has 4 unspecified atom stereocenters. The van der Waals surface area contributed by atoms with Gasteiger partial charge in [-0.3, -0.25) is 9.79 Å². The lowest BCUT2D eigenvalue weighted by atomic mass is 9.94. The first-order valence-corrected chi connectivity index (χ1v) is 14.6. The number of hydrogen-bond donors (Lipinski definition) is 7. The van der Waals surface area contributed by atoms with E-state index in [0.29, 0.717) is 50.5 Å². The molecule has 0 radical (unpaired) electrons. The molecule has 1 fully saturated rings. The average molecular weight is 566 g/mol. The molecule has 1 heterocycles. The Morgan fingerprint density at radius 1 is 1.18 bits per heavy atom. The largest absolute Gasteiger partial charge is 0.504 e. The lowest BCUT2D eigenvalue weighted by Gasteiger charge is -2.25. The molecule has 1 aromatic rings. The topological polar surface area (TPSA) is 171 Å². The molecule has 11 heteroatoms. The second kappa shape index (κ2) is 18.7. The highest BCUT2D eigenvalue weighted by atomic mass is 16.5. The Hall–Kier alpha value is -2.60. The molecule has 0 saturated carbocycles. The van der Waals surface area contributed by atoms with Crippen molar-refractivity contribution in [2.75, 3.05) is 39.8 Å². The normalized spacial score (nSPS) is 17.6. The van der Waals surface area contributed by atoms with Gasteiger partial charge in [-0.05, 0) is 95.1 Å². The van der Waals surface area contributed by atoms with Crippen LogP contribution in [-0.4, -0.2) is 91.4 Å². The minimum Gasteiger partial charge on any atom is -0.504 e. The summed E-state index contributed by atoms with van der Waals surface area (Å²) in [5, 5.41) is 40.2. The quantitative estimate of drug-likeness (QED) is 0.0598. The van der Waals surface area contributed by atoms with Crippen molar-refractivity contribution in [3.63, 3.8) is 0 Å². The summed E-state index contributed by atoms with van der Waals surface area (Å²) >= 11 is 0. The number of aliphatic hydroxyl groups is 2. The number of nitrogens with two attached hydrogens (primary N) is 1. The molecule has 1 saturated heterocycles. The van der Waals surface area contributed by atoms with Crippen molar-refractivity contribution in [1.82, 2.24) is 16.0 Å². The Bertz CT molecular complexity index is 894. The first-order valence-electron chi connectivity index (χ1n) is 14.6. The van der Waals surface area contributed by atoms with Crippen molar-refractivity contribution in [3.8, 4) is 11.5 Å². The number of aliphatic imine (C=N–C) groups is 1. The van der Waals surface area contributed by atoms with Gasteiger partial charge in [-0.1, -0.05) is 6.07 Å². The molecule has 0 bridgehead atoms. The summed E-state index contributed by atoms with van der Waals surface area (Å²) in [6.07, 6.45) is 4.05. The standard InChI is InChI=1S/C29H51N5O6/c1-20(35)18-33-13-10-23(19-34-29(30)31-3)4-7-24(37)17-26(39-21(2)36)8-5-22-6-9-27(38)28(16-22)40-25-11-14-32-15-12-25/h6,9,16,20,23-26,32-33,35,37-38H,4-5,7-8,10-15,17-19H2,1-3H3,(H3,30,31,34). The van der Waals surface area contributed by atoms with Crippen molar-refractivity contribution in [2.45, 2.75) is 89.6 Å². The van der Waals surface area contributed by atoms with Crippen molar-refractivity contribution >= 4 is 11.9 Å². The number of nitrogens with one attached hydrogen (secondary N) is 3. The van der Waals surface area contributed by atoms with E-state index in [-0.39, 0.29) is 23.7 Å². The number of phenols is 1. The Kier molecular flexibility index (Phi) is 15.7. The number of nitrogens with zero attached hydrogens (tertiary/aromatic N) is 1. The van der Waals surface area contributed by atoms with Crippen LogP contribution >= 0.6 is 0 Å². The third kappa shape index (κ3) is 14.2. The lowest BCUT2D eigenvalue weighted by molar-refractivity contribution is -0.148. The molecule has 8 N–H and O–H groups in total. The highest BCUT2D eigenvalue weighted by Crippen LogP contribution is 2.30. The van der Waals surface area contributed by atoms with Gasteiger partial charge in [0, 0.05) is 33.5 Å². The minimum absolute atomic E-state index is 0.0742. The maximum Gasteiger partial charge on any atom is 0.302 e. The van der Waals surface area contributed by atoms with Gasteiger partial charge in [0.25, 0.3) is 0 Å². The van der Waals surface area contributed by atoms with Gasteiger partial charge in [0.15, 0.2) is 17.5 Å². The lowest BCUT2D eigenvalue weighted by Crippen LogP contribution is -2.36. The Morgan fingerprint density at radius 3 is 2.60 bits per heavy atom. The van der Waals surface area contributed by atoms with E-state index in [4.69, 9.17) is 15.2 Å². The first-order chi connectivity index (χ1) is 19.2. The van der Waals surface area contributed by atoms with Gasteiger partial charge in [0.2, 0.25) is 0 Å². The fraction of sp³-hybridized carbons (Fsp3) is 0.724. The second-order valence-electron chi connectivity index (χ2n) is 10.8. The van der Waals surface area contributed by atoms with Gasteiger partial charge >= 0.3 is 5.97 Å². The second-order valence-corrected chi connectivity index (χ2v) is 10.8. The summed E-state index contributed by atoms with van der Waals surface area (Å²) in [5.74, 6) is 0.824. The zero-order chi connectivity index (χ0) is 29.3.